The Hall–Kier alpha value is -1.34. The maximum absolute atomic E-state index is 8.93. The van der Waals surface area contributed by atoms with E-state index in [4.69, 9.17) is 5.26 Å². The average molecular weight is 250 g/mol. The molecule has 0 aliphatic heterocycles. The van der Waals surface area contributed by atoms with Gasteiger partial charge in [0, 0.05) is 6.54 Å². The van der Waals surface area contributed by atoms with E-state index in [9.17, 15) is 0 Å². The molecule has 0 radical (unpaired) electrons. The van der Waals surface area contributed by atoms with Gasteiger partial charge in [-0.1, -0.05) is 6.07 Å². The topological polar surface area (TPSA) is 41.6 Å². The third-order valence-corrected chi connectivity index (χ3v) is 2.71. The van der Waals surface area contributed by atoms with Crippen LogP contribution >= 0.6 is 15.9 Å². The molecule has 3 nitrogen and oxygen atoms in total. The highest BCUT2D eigenvalue weighted by molar-refractivity contribution is 9.10. The summed E-state index contributed by atoms with van der Waals surface area (Å²) in [5.41, 5.74) is 1.66. The highest BCUT2D eigenvalue weighted by atomic mass is 79.9. The van der Waals surface area contributed by atoms with Gasteiger partial charge in [-0.2, -0.15) is 10.4 Å². The Bertz CT molecular complexity index is 522. The molecule has 0 bridgehead atoms. The lowest BCUT2D eigenvalue weighted by Gasteiger charge is -1.97. The van der Waals surface area contributed by atoms with Crippen molar-refractivity contribution < 1.29 is 0 Å². The SMILES string of the molecule is CCn1nc(Br)c2c(C#N)cccc21. The Morgan fingerprint density at radius 3 is 3.00 bits per heavy atom. The largest absolute Gasteiger partial charge is 0.264 e. The second kappa shape index (κ2) is 3.43. The third-order valence-electron chi connectivity index (χ3n) is 2.16. The fraction of sp³-hybridized carbons (Fsp3) is 0.200. The summed E-state index contributed by atoms with van der Waals surface area (Å²) < 4.78 is 2.62. The number of nitriles is 1. The summed E-state index contributed by atoms with van der Waals surface area (Å²) in [5, 5.41) is 14.1. The van der Waals surface area contributed by atoms with E-state index in [2.05, 4.69) is 27.1 Å². The average Bonchev–Trinajstić information content (AvgIpc) is 2.55. The van der Waals surface area contributed by atoms with Gasteiger partial charge in [-0.25, -0.2) is 0 Å². The number of rotatable bonds is 1. The van der Waals surface area contributed by atoms with Gasteiger partial charge >= 0.3 is 0 Å². The smallest absolute Gasteiger partial charge is 0.137 e. The van der Waals surface area contributed by atoms with E-state index in [1.807, 2.05) is 23.7 Å². The van der Waals surface area contributed by atoms with Crippen LogP contribution in [0.4, 0.5) is 0 Å². The van der Waals surface area contributed by atoms with E-state index in [0.717, 1.165) is 22.1 Å². The van der Waals surface area contributed by atoms with Crippen molar-refractivity contribution >= 4 is 26.8 Å². The number of aryl methyl sites for hydroxylation is 1. The molecule has 0 atom stereocenters. The van der Waals surface area contributed by atoms with E-state index in [1.165, 1.54) is 0 Å². The van der Waals surface area contributed by atoms with Gasteiger partial charge in [0.15, 0.2) is 0 Å². The van der Waals surface area contributed by atoms with Gasteiger partial charge in [0.25, 0.3) is 0 Å². The second-order valence-corrected chi connectivity index (χ2v) is 3.67. The Balaban J connectivity index is 2.90. The summed E-state index contributed by atoms with van der Waals surface area (Å²) >= 11 is 3.37. The van der Waals surface area contributed by atoms with E-state index in [0.29, 0.717) is 5.56 Å². The van der Waals surface area contributed by atoms with Crippen molar-refractivity contribution in [2.75, 3.05) is 0 Å². The van der Waals surface area contributed by atoms with Crippen LogP contribution < -0.4 is 0 Å². The first-order chi connectivity index (χ1) is 6.77. The number of nitrogens with zero attached hydrogens (tertiary/aromatic N) is 3. The Kier molecular flexibility index (Phi) is 2.26. The van der Waals surface area contributed by atoms with Gasteiger partial charge in [0.05, 0.1) is 22.5 Å². The van der Waals surface area contributed by atoms with Gasteiger partial charge in [0.2, 0.25) is 0 Å². The maximum atomic E-state index is 8.93. The van der Waals surface area contributed by atoms with Crippen LogP contribution in [0.25, 0.3) is 10.9 Å². The molecule has 0 fully saturated rings. The van der Waals surface area contributed by atoms with Crippen molar-refractivity contribution in [1.82, 2.24) is 9.78 Å². The van der Waals surface area contributed by atoms with Gasteiger partial charge in [0.1, 0.15) is 4.60 Å². The normalized spacial score (nSPS) is 10.4. The molecule has 0 N–H and O–H groups in total. The van der Waals surface area contributed by atoms with Crippen molar-refractivity contribution in [3.8, 4) is 6.07 Å². The predicted molar refractivity (Wildman–Crippen MR) is 57.8 cm³/mol. The molecule has 0 saturated carbocycles. The van der Waals surface area contributed by atoms with E-state index < -0.39 is 0 Å². The minimum atomic E-state index is 0.661. The van der Waals surface area contributed by atoms with Crippen LogP contribution in [-0.4, -0.2) is 9.78 Å². The molecule has 0 amide bonds. The molecule has 1 heterocycles. The van der Waals surface area contributed by atoms with Gasteiger partial charge in [-0.15, -0.1) is 0 Å². The van der Waals surface area contributed by atoms with Crippen molar-refractivity contribution in [1.29, 1.82) is 5.26 Å². The molecule has 14 heavy (non-hydrogen) atoms. The predicted octanol–water partition coefficient (Wildman–Crippen LogP) is 2.69. The number of aromatic nitrogens is 2. The van der Waals surface area contributed by atoms with E-state index in [-0.39, 0.29) is 0 Å². The van der Waals surface area contributed by atoms with Gasteiger partial charge in [-0.05, 0) is 35.0 Å². The molecule has 1 aromatic carbocycles. The van der Waals surface area contributed by atoms with Crippen LogP contribution in [-0.2, 0) is 6.54 Å². The van der Waals surface area contributed by atoms with Crippen LogP contribution in [0.15, 0.2) is 22.8 Å². The lowest BCUT2D eigenvalue weighted by atomic mass is 10.1. The molecule has 1 aromatic heterocycles. The molecule has 70 valence electrons. The van der Waals surface area contributed by atoms with Crippen LogP contribution in [0.3, 0.4) is 0 Å². The van der Waals surface area contributed by atoms with E-state index >= 15 is 0 Å². The minimum absolute atomic E-state index is 0.661. The summed E-state index contributed by atoms with van der Waals surface area (Å²) in [6.07, 6.45) is 0. The van der Waals surface area contributed by atoms with Gasteiger partial charge < -0.3 is 0 Å². The lowest BCUT2D eigenvalue weighted by Crippen LogP contribution is -1.95. The van der Waals surface area contributed by atoms with E-state index in [1.54, 1.807) is 6.07 Å². The molecular weight excluding hydrogens is 242 g/mol. The molecule has 0 aliphatic rings. The van der Waals surface area contributed by atoms with Crippen molar-refractivity contribution in [2.45, 2.75) is 13.5 Å². The summed E-state index contributed by atoms with van der Waals surface area (Å²) in [7, 11) is 0. The Labute approximate surface area is 90.1 Å². The van der Waals surface area contributed by atoms with Crippen LogP contribution in [0, 0.1) is 11.3 Å². The molecule has 4 heteroatoms. The molecule has 0 unspecified atom stereocenters. The number of halogens is 1. The molecule has 0 saturated heterocycles. The number of hydrogen-bond donors (Lipinski definition) is 0. The van der Waals surface area contributed by atoms with Crippen molar-refractivity contribution in [3.63, 3.8) is 0 Å². The first kappa shape index (κ1) is 9.22. The molecule has 0 spiro atoms. The summed E-state index contributed by atoms with van der Waals surface area (Å²) in [4.78, 5) is 0. The molecular formula is C10H8BrN3. The number of fused-ring (bicyclic) bond motifs is 1. The first-order valence-electron chi connectivity index (χ1n) is 4.33. The quantitative estimate of drug-likeness (QED) is 0.780. The summed E-state index contributed by atoms with van der Waals surface area (Å²) in [5.74, 6) is 0. The van der Waals surface area contributed by atoms with Crippen molar-refractivity contribution in [2.24, 2.45) is 0 Å². The highest BCUT2D eigenvalue weighted by Crippen LogP contribution is 2.26. The second-order valence-electron chi connectivity index (χ2n) is 2.92. The van der Waals surface area contributed by atoms with Crippen LogP contribution in [0.2, 0.25) is 0 Å². The summed E-state index contributed by atoms with van der Waals surface area (Å²) in [6.45, 7) is 2.83. The number of hydrogen-bond acceptors (Lipinski definition) is 2. The van der Waals surface area contributed by atoms with Crippen molar-refractivity contribution in [3.05, 3.63) is 28.4 Å². The fourth-order valence-electron chi connectivity index (χ4n) is 1.52. The lowest BCUT2D eigenvalue weighted by molar-refractivity contribution is 0.678. The molecule has 2 rings (SSSR count). The summed E-state index contributed by atoms with van der Waals surface area (Å²) in [6, 6.07) is 7.81. The molecule has 2 aromatic rings. The Morgan fingerprint density at radius 2 is 2.36 bits per heavy atom. The monoisotopic (exact) mass is 249 g/mol. The highest BCUT2D eigenvalue weighted by Gasteiger charge is 2.10. The molecule has 0 aliphatic carbocycles. The van der Waals surface area contributed by atoms with Crippen LogP contribution in [0.1, 0.15) is 12.5 Å². The van der Waals surface area contributed by atoms with Gasteiger partial charge in [-0.3, -0.25) is 4.68 Å². The zero-order valence-electron chi connectivity index (χ0n) is 7.66. The maximum Gasteiger partial charge on any atom is 0.137 e. The zero-order chi connectivity index (χ0) is 10.1. The standard InChI is InChI=1S/C10H8BrN3/c1-2-14-8-5-3-4-7(6-12)9(8)10(11)13-14/h3-5H,2H2,1H3. The number of benzene rings is 1. The Morgan fingerprint density at radius 1 is 1.57 bits per heavy atom. The minimum Gasteiger partial charge on any atom is -0.264 e. The first-order valence-corrected chi connectivity index (χ1v) is 5.12. The zero-order valence-corrected chi connectivity index (χ0v) is 9.24. The van der Waals surface area contributed by atoms with Crippen LogP contribution in [0.5, 0.6) is 0 Å². The third kappa shape index (κ3) is 1.21. The fourth-order valence-corrected chi connectivity index (χ4v) is 2.12.